The number of hydrogen-bond acceptors (Lipinski definition) is 4. The van der Waals surface area contributed by atoms with Gasteiger partial charge in [-0.15, -0.1) is 0 Å². The van der Waals surface area contributed by atoms with Crippen molar-refractivity contribution in [2.45, 2.75) is 42.8 Å². The topological polar surface area (TPSA) is 97.2 Å². The first kappa shape index (κ1) is 13.5. The van der Waals surface area contributed by atoms with Crippen LogP contribution in [0.2, 0.25) is 0 Å². The highest BCUT2D eigenvalue weighted by Crippen LogP contribution is 2.23. The molecule has 0 radical (unpaired) electrons. The summed E-state index contributed by atoms with van der Waals surface area (Å²) in [6, 6.07) is 1.52. The molecule has 1 aromatic heterocycles. The van der Waals surface area contributed by atoms with Crippen molar-refractivity contribution < 1.29 is 13.2 Å². The number of ether oxygens (including phenoxy) is 1. The molecular weight excluding hydrogens is 254 g/mol. The number of hydrogen-bond donors (Lipinski definition) is 3. The number of aromatic amines is 1. The smallest absolute Gasteiger partial charge is 0.242 e. The van der Waals surface area contributed by atoms with Crippen LogP contribution in [0.25, 0.3) is 0 Å². The lowest BCUT2D eigenvalue weighted by atomic mass is 10.3. The van der Waals surface area contributed by atoms with Crippen LogP contribution in [-0.2, 0) is 21.3 Å². The van der Waals surface area contributed by atoms with Crippen molar-refractivity contribution in [2.24, 2.45) is 5.73 Å². The number of methoxy groups -OCH3 is 1. The normalized spacial score (nSPS) is 24.6. The third-order valence-electron chi connectivity index (χ3n) is 3.29. The summed E-state index contributed by atoms with van der Waals surface area (Å²) in [5.41, 5.74) is 6.15. The molecule has 7 heteroatoms. The molecule has 0 saturated heterocycles. The maximum Gasteiger partial charge on any atom is 0.242 e. The predicted molar refractivity (Wildman–Crippen MR) is 67.4 cm³/mol. The monoisotopic (exact) mass is 273 g/mol. The van der Waals surface area contributed by atoms with Crippen molar-refractivity contribution in [3.63, 3.8) is 0 Å². The number of sulfonamides is 1. The molecular formula is C11H19N3O3S. The summed E-state index contributed by atoms with van der Waals surface area (Å²) in [5.74, 6) is 0. The van der Waals surface area contributed by atoms with E-state index in [4.69, 9.17) is 10.5 Å². The van der Waals surface area contributed by atoms with Gasteiger partial charge < -0.3 is 15.5 Å². The number of H-pyrrole nitrogens is 1. The van der Waals surface area contributed by atoms with Gasteiger partial charge in [-0.3, -0.25) is 0 Å². The molecule has 1 aliphatic rings. The molecule has 1 aliphatic carbocycles. The molecule has 2 unspecified atom stereocenters. The van der Waals surface area contributed by atoms with Crippen molar-refractivity contribution in [3.8, 4) is 0 Å². The zero-order valence-electron chi connectivity index (χ0n) is 10.3. The summed E-state index contributed by atoms with van der Waals surface area (Å²) in [4.78, 5) is 3.08. The molecule has 0 spiro atoms. The van der Waals surface area contributed by atoms with Gasteiger partial charge in [0.25, 0.3) is 0 Å². The van der Waals surface area contributed by atoms with Crippen LogP contribution in [0.5, 0.6) is 0 Å². The lowest BCUT2D eigenvalue weighted by molar-refractivity contribution is 0.107. The van der Waals surface area contributed by atoms with Crippen LogP contribution in [0.1, 0.15) is 25.0 Å². The zero-order chi connectivity index (χ0) is 13.2. The Balaban J connectivity index is 2.03. The summed E-state index contributed by atoms with van der Waals surface area (Å²) in [6.07, 6.45) is 4.05. The van der Waals surface area contributed by atoms with Crippen molar-refractivity contribution in [1.82, 2.24) is 9.71 Å². The van der Waals surface area contributed by atoms with E-state index in [1.165, 1.54) is 6.20 Å². The maximum absolute atomic E-state index is 12.1. The highest BCUT2D eigenvalue weighted by Gasteiger charge is 2.28. The summed E-state index contributed by atoms with van der Waals surface area (Å²) < 4.78 is 32.1. The summed E-state index contributed by atoms with van der Waals surface area (Å²) >= 11 is 0. The van der Waals surface area contributed by atoms with E-state index in [0.717, 1.165) is 19.3 Å². The van der Waals surface area contributed by atoms with E-state index in [1.807, 2.05) is 0 Å². The Bertz CT molecular complexity index is 497. The minimum absolute atomic E-state index is 0.0452. The van der Waals surface area contributed by atoms with Gasteiger partial charge in [-0.05, 0) is 25.3 Å². The molecule has 0 amide bonds. The van der Waals surface area contributed by atoms with E-state index in [-0.39, 0.29) is 17.0 Å². The molecule has 1 aromatic rings. The third-order valence-corrected chi connectivity index (χ3v) is 4.79. The average molecular weight is 273 g/mol. The van der Waals surface area contributed by atoms with Crippen LogP contribution >= 0.6 is 0 Å². The van der Waals surface area contributed by atoms with E-state index in [0.29, 0.717) is 12.2 Å². The second-order valence-corrected chi connectivity index (χ2v) is 6.27. The standard InChI is InChI=1S/C11H19N3O3S/c1-17-10-3-2-8(4-10)14-18(15,16)11-5-9(6-12)13-7-11/h5,7-8,10,13-14H,2-4,6,12H2,1H3. The van der Waals surface area contributed by atoms with Gasteiger partial charge >= 0.3 is 0 Å². The molecule has 0 aliphatic heterocycles. The molecule has 4 N–H and O–H groups in total. The highest BCUT2D eigenvalue weighted by atomic mass is 32.2. The first-order valence-corrected chi connectivity index (χ1v) is 7.46. The molecule has 1 fully saturated rings. The average Bonchev–Trinajstić information content (AvgIpc) is 2.96. The fourth-order valence-electron chi connectivity index (χ4n) is 2.24. The molecule has 1 saturated carbocycles. The highest BCUT2D eigenvalue weighted by molar-refractivity contribution is 7.89. The number of nitrogens with two attached hydrogens (primary N) is 1. The van der Waals surface area contributed by atoms with Gasteiger partial charge in [-0.1, -0.05) is 0 Å². The third kappa shape index (κ3) is 2.92. The second-order valence-electron chi connectivity index (χ2n) is 4.55. The lowest BCUT2D eigenvalue weighted by Crippen LogP contribution is -2.33. The minimum Gasteiger partial charge on any atom is -0.381 e. The molecule has 0 aromatic carbocycles. The second kappa shape index (κ2) is 5.40. The van der Waals surface area contributed by atoms with E-state index < -0.39 is 10.0 Å². The molecule has 6 nitrogen and oxygen atoms in total. The number of aromatic nitrogens is 1. The lowest BCUT2D eigenvalue weighted by Gasteiger charge is -2.12. The van der Waals surface area contributed by atoms with Gasteiger partial charge in [-0.25, -0.2) is 13.1 Å². The van der Waals surface area contributed by atoms with Crippen molar-refractivity contribution >= 4 is 10.0 Å². The Kier molecular flexibility index (Phi) is 4.06. The molecule has 18 heavy (non-hydrogen) atoms. The molecule has 0 bridgehead atoms. The largest absolute Gasteiger partial charge is 0.381 e. The number of rotatable bonds is 5. The van der Waals surface area contributed by atoms with E-state index >= 15 is 0 Å². The summed E-state index contributed by atoms with van der Waals surface area (Å²) in [7, 11) is -1.80. The Morgan fingerprint density at radius 2 is 2.33 bits per heavy atom. The van der Waals surface area contributed by atoms with E-state index in [2.05, 4.69) is 9.71 Å². The minimum atomic E-state index is -3.46. The summed E-state index contributed by atoms with van der Waals surface area (Å²) in [6.45, 7) is 0.296. The Morgan fingerprint density at radius 1 is 1.56 bits per heavy atom. The van der Waals surface area contributed by atoms with Gasteiger partial charge in [0.15, 0.2) is 0 Å². The van der Waals surface area contributed by atoms with E-state index in [1.54, 1.807) is 13.2 Å². The van der Waals surface area contributed by atoms with Gasteiger partial charge in [0.1, 0.15) is 0 Å². The van der Waals surface area contributed by atoms with Crippen LogP contribution < -0.4 is 10.5 Å². The first-order valence-electron chi connectivity index (χ1n) is 5.97. The van der Waals surface area contributed by atoms with Crippen LogP contribution in [0.15, 0.2) is 17.2 Å². The fourth-order valence-corrected chi connectivity index (χ4v) is 3.54. The van der Waals surface area contributed by atoms with Crippen molar-refractivity contribution in [2.75, 3.05) is 7.11 Å². The Hall–Kier alpha value is -0.890. The fraction of sp³-hybridized carbons (Fsp3) is 0.636. The predicted octanol–water partition coefficient (Wildman–Crippen LogP) is 0.319. The molecule has 2 rings (SSSR count). The van der Waals surface area contributed by atoms with Crippen molar-refractivity contribution in [1.29, 1.82) is 0 Å². The Morgan fingerprint density at radius 3 is 2.89 bits per heavy atom. The molecule has 102 valence electrons. The molecule has 2 atom stereocenters. The van der Waals surface area contributed by atoms with Gasteiger partial charge in [0.2, 0.25) is 10.0 Å². The first-order chi connectivity index (χ1) is 8.55. The Labute approximate surface area is 107 Å². The van der Waals surface area contributed by atoms with Crippen LogP contribution in [0, 0.1) is 0 Å². The maximum atomic E-state index is 12.1. The zero-order valence-corrected chi connectivity index (χ0v) is 11.2. The van der Waals surface area contributed by atoms with Gasteiger partial charge in [0.05, 0.1) is 11.0 Å². The van der Waals surface area contributed by atoms with Crippen LogP contribution in [0.3, 0.4) is 0 Å². The van der Waals surface area contributed by atoms with Crippen LogP contribution in [0.4, 0.5) is 0 Å². The quantitative estimate of drug-likeness (QED) is 0.719. The van der Waals surface area contributed by atoms with Crippen LogP contribution in [-0.4, -0.2) is 32.7 Å². The van der Waals surface area contributed by atoms with Gasteiger partial charge in [-0.2, -0.15) is 0 Å². The number of nitrogens with one attached hydrogen (secondary N) is 2. The molecule has 1 heterocycles. The van der Waals surface area contributed by atoms with E-state index in [9.17, 15) is 8.42 Å². The van der Waals surface area contributed by atoms with Crippen molar-refractivity contribution in [3.05, 3.63) is 18.0 Å². The summed E-state index contributed by atoms with van der Waals surface area (Å²) in [5, 5.41) is 0. The SMILES string of the molecule is COC1CCC(NS(=O)(=O)c2c[nH]c(CN)c2)C1. The van der Waals surface area contributed by atoms with Gasteiger partial charge in [0, 0.05) is 31.6 Å².